The van der Waals surface area contributed by atoms with Gasteiger partial charge in [0.05, 0.1) is 22.6 Å². The molecule has 2 heterocycles. The molecule has 4 aromatic rings. The smallest absolute Gasteiger partial charge is 0.418 e. The third-order valence-electron chi connectivity index (χ3n) is 5.50. The van der Waals surface area contributed by atoms with E-state index in [1.54, 1.807) is 12.1 Å². The number of rotatable bonds is 6. The summed E-state index contributed by atoms with van der Waals surface area (Å²) in [5.41, 5.74) is -1.73. The van der Waals surface area contributed by atoms with Gasteiger partial charge in [-0.3, -0.25) is 5.32 Å². The Morgan fingerprint density at radius 3 is 2.33 bits per heavy atom. The van der Waals surface area contributed by atoms with E-state index in [2.05, 4.69) is 20.7 Å². The summed E-state index contributed by atoms with van der Waals surface area (Å²) in [4.78, 5) is 27.6. The van der Waals surface area contributed by atoms with Crippen LogP contribution >= 0.6 is 0 Å². The lowest BCUT2D eigenvalue weighted by atomic mass is 9.92. The Kier molecular flexibility index (Phi) is 7.49. The summed E-state index contributed by atoms with van der Waals surface area (Å²) in [5, 5.41) is 18.2. The predicted molar refractivity (Wildman–Crippen MR) is 138 cm³/mol. The molecule has 0 saturated carbocycles. The summed E-state index contributed by atoms with van der Waals surface area (Å²) in [6.07, 6.45) is -3.74. The number of carbonyl (C=O) groups excluding carboxylic acids is 1. The van der Waals surface area contributed by atoms with Crippen molar-refractivity contribution >= 4 is 23.5 Å². The van der Waals surface area contributed by atoms with E-state index >= 15 is 0 Å². The van der Waals surface area contributed by atoms with Gasteiger partial charge in [0.1, 0.15) is 23.1 Å². The molecule has 208 valence electrons. The number of hydrogen-bond donors (Lipinski definition) is 3. The molecule has 9 nitrogen and oxygen atoms in total. The Balaban J connectivity index is 1.61. The van der Waals surface area contributed by atoms with Crippen molar-refractivity contribution < 1.29 is 37.0 Å². The van der Waals surface area contributed by atoms with E-state index in [9.17, 15) is 27.2 Å². The van der Waals surface area contributed by atoms with Crippen LogP contribution in [0.3, 0.4) is 0 Å². The second kappa shape index (κ2) is 10.7. The van der Waals surface area contributed by atoms with Crippen molar-refractivity contribution in [2.45, 2.75) is 32.4 Å². The summed E-state index contributed by atoms with van der Waals surface area (Å²) in [6, 6.07) is 11.2. The molecule has 13 heteroatoms. The van der Waals surface area contributed by atoms with Crippen molar-refractivity contribution in [2.75, 3.05) is 10.6 Å². The first kappa shape index (κ1) is 28.1. The van der Waals surface area contributed by atoms with E-state index in [1.165, 1.54) is 35.0 Å². The summed E-state index contributed by atoms with van der Waals surface area (Å²) < 4.78 is 62.3. The van der Waals surface area contributed by atoms with Crippen LogP contribution < -0.4 is 15.4 Å². The average Bonchev–Trinajstić information content (AvgIpc) is 3.29. The van der Waals surface area contributed by atoms with Gasteiger partial charge in [0.2, 0.25) is 0 Å². The molecule has 2 amide bonds. The van der Waals surface area contributed by atoms with Crippen LogP contribution in [0.25, 0.3) is 5.69 Å². The Labute approximate surface area is 225 Å². The maximum absolute atomic E-state index is 13.9. The molecular formula is C27H23F4N5O4. The molecule has 0 unspecified atom stereocenters. The number of aromatic nitrogens is 3. The average molecular weight is 558 g/mol. The van der Waals surface area contributed by atoms with Crippen molar-refractivity contribution in [1.29, 1.82) is 0 Å². The topological polar surface area (TPSA) is 118 Å². The molecule has 0 atom stereocenters. The third kappa shape index (κ3) is 6.54. The predicted octanol–water partition coefficient (Wildman–Crippen LogP) is 6.86. The first-order chi connectivity index (χ1) is 18.7. The molecule has 0 aliphatic carbocycles. The maximum atomic E-state index is 13.9. The van der Waals surface area contributed by atoms with Gasteiger partial charge in [0, 0.05) is 23.7 Å². The van der Waals surface area contributed by atoms with Crippen LogP contribution in [0.15, 0.2) is 66.9 Å². The van der Waals surface area contributed by atoms with Crippen LogP contribution in [0.5, 0.6) is 11.5 Å². The van der Waals surface area contributed by atoms with Gasteiger partial charge >= 0.3 is 18.2 Å². The van der Waals surface area contributed by atoms with Crippen molar-refractivity contribution in [3.8, 4) is 17.2 Å². The number of ether oxygens (including phenoxy) is 1. The van der Waals surface area contributed by atoms with Gasteiger partial charge in [-0.05, 0) is 42.5 Å². The number of aromatic carboxylic acids is 1. The summed E-state index contributed by atoms with van der Waals surface area (Å²) in [5.74, 6) is -2.06. The van der Waals surface area contributed by atoms with Gasteiger partial charge in [-0.1, -0.05) is 26.8 Å². The van der Waals surface area contributed by atoms with Gasteiger partial charge in [0.15, 0.2) is 5.69 Å². The van der Waals surface area contributed by atoms with Crippen molar-refractivity contribution in [2.24, 2.45) is 0 Å². The van der Waals surface area contributed by atoms with E-state index in [4.69, 9.17) is 9.84 Å². The number of hydrogen-bond acceptors (Lipinski definition) is 5. The fraction of sp³-hybridized carbons (Fsp3) is 0.185. The Morgan fingerprint density at radius 2 is 1.68 bits per heavy atom. The first-order valence-corrected chi connectivity index (χ1v) is 11.7. The van der Waals surface area contributed by atoms with E-state index in [0.717, 1.165) is 18.3 Å². The number of amides is 2. The molecule has 2 aromatic carbocycles. The van der Waals surface area contributed by atoms with E-state index in [1.807, 2.05) is 20.8 Å². The monoisotopic (exact) mass is 557 g/mol. The molecule has 0 bridgehead atoms. The maximum Gasteiger partial charge on any atom is 0.418 e. The number of carboxylic acid groups (broad SMARTS) is 1. The largest absolute Gasteiger partial charge is 0.477 e. The lowest BCUT2D eigenvalue weighted by Crippen LogP contribution is -2.23. The number of carboxylic acids is 1. The Morgan fingerprint density at radius 1 is 0.950 bits per heavy atom. The SMILES string of the molecule is CC(C)(C)c1cc(NC(=O)Nc2ccc(Oc3ccnc(C(=O)O)c3)cc2C(F)(F)F)n(-c2cccc(F)c2)n1. The normalized spacial score (nSPS) is 11.7. The number of benzene rings is 2. The highest BCUT2D eigenvalue weighted by Crippen LogP contribution is 2.38. The molecule has 4 rings (SSSR count). The van der Waals surface area contributed by atoms with E-state index < -0.39 is 40.7 Å². The highest BCUT2D eigenvalue weighted by molar-refractivity contribution is 6.00. The summed E-state index contributed by atoms with van der Waals surface area (Å²) in [7, 11) is 0. The molecule has 0 aliphatic heterocycles. The van der Waals surface area contributed by atoms with Crippen LogP contribution in [0, 0.1) is 5.82 Å². The molecular weight excluding hydrogens is 534 g/mol. The number of pyridine rings is 1. The van der Waals surface area contributed by atoms with Crippen molar-refractivity contribution in [1.82, 2.24) is 14.8 Å². The minimum Gasteiger partial charge on any atom is -0.477 e. The molecule has 0 fully saturated rings. The highest BCUT2D eigenvalue weighted by Gasteiger charge is 2.35. The van der Waals surface area contributed by atoms with E-state index in [0.29, 0.717) is 17.4 Å². The second-order valence-corrected chi connectivity index (χ2v) is 9.62. The summed E-state index contributed by atoms with van der Waals surface area (Å²) in [6.45, 7) is 5.63. The Bertz CT molecular complexity index is 1580. The fourth-order valence-corrected chi connectivity index (χ4v) is 3.57. The van der Waals surface area contributed by atoms with E-state index in [-0.39, 0.29) is 23.0 Å². The highest BCUT2D eigenvalue weighted by atomic mass is 19.4. The lowest BCUT2D eigenvalue weighted by Gasteiger charge is -2.16. The number of halogens is 4. The van der Waals surface area contributed by atoms with Crippen LogP contribution in [-0.4, -0.2) is 31.9 Å². The number of anilines is 2. The standard InChI is InChI=1S/C27H23F4N5O4/c1-26(2,3)22-14-23(36(35-22)16-6-4-5-15(28)11-16)34-25(39)33-20-8-7-17(12-19(20)27(29,30)31)40-18-9-10-32-21(13-18)24(37)38/h4-14H,1-3H3,(H,37,38)(H2,33,34,39). The quantitative estimate of drug-likeness (QED) is 0.223. The van der Waals surface area contributed by atoms with Crippen molar-refractivity contribution in [3.63, 3.8) is 0 Å². The first-order valence-electron chi connectivity index (χ1n) is 11.7. The number of alkyl halides is 3. The molecule has 0 aliphatic rings. The molecule has 2 aromatic heterocycles. The summed E-state index contributed by atoms with van der Waals surface area (Å²) >= 11 is 0. The fourth-order valence-electron chi connectivity index (χ4n) is 3.57. The minimum absolute atomic E-state index is 0.0424. The number of nitrogens with one attached hydrogen (secondary N) is 2. The number of urea groups is 1. The van der Waals surface area contributed by atoms with Gasteiger partial charge in [-0.15, -0.1) is 0 Å². The zero-order valence-electron chi connectivity index (χ0n) is 21.4. The third-order valence-corrected chi connectivity index (χ3v) is 5.50. The van der Waals surface area contributed by atoms with Gasteiger partial charge in [-0.2, -0.15) is 18.3 Å². The molecule has 0 saturated heterocycles. The van der Waals surface area contributed by atoms with Gasteiger partial charge in [0.25, 0.3) is 0 Å². The van der Waals surface area contributed by atoms with Crippen LogP contribution in [-0.2, 0) is 11.6 Å². The Hall–Kier alpha value is -4.94. The van der Waals surface area contributed by atoms with Crippen molar-refractivity contribution in [3.05, 3.63) is 89.6 Å². The lowest BCUT2D eigenvalue weighted by molar-refractivity contribution is -0.137. The molecule has 0 spiro atoms. The van der Waals surface area contributed by atoms with Crippen LogP contribution in [0.4, 0.5) is 33.9 Å². The van der Waals surface area contributed by atoms with Gasteiger partial charge in [-0.25, -0.2) is 23.6 Å². The number of nitrogens with zero attached hydrogens (tertiary/aromatic N) is 3. The van der Waals surface area contributed by atoms with Crippen LogP contribution in [0.2, 0.25) is 0 Å². The zero-order valence-corrected chi connectivity index (χ0v) is 21.4. The van der Waals surface area contributed by atoms with Gasteiger partial charge < -0.3 is 15.2 Å². The second-order valence-electron chi connectivity index (χ2n) is 9.62. The number of carbonyl (C=O) groups is 2. The minimum atomic E-state index is -4.88. The zero-order chi connectivity index (χ0) is 29.2. The van der Waals surface area contributed by atoms with Crippen LogP contribution in [0.1, 0.15) is 42.5 Å². The molecule has 3 N–H and O–H groups in total. The molecule has 40 heavy (non-hydrogen) atoms. The molecule has 0 radical (unpaired) electrons.